The summed E-state index contributed by atoms with van der Waals surface area (Å²) in [6.07, 6.45) is -0.851. The van der Waals surface area contributed by atoms with Crippen molar-refractivity contribution in [2.75, 3.05) is 13.2 Å². The number of para-hydroxylation sites is 2. The van der Waals surface area contributed by atoms with E-state index >= 15 is 0 Å². The fraction of sp³-hybridized carbons (Fsp3) is 0.200. The highest BCUT2D eigenvalue weighted by atomic mass is 35.5. The van der Waals surface area contributed by atoms with Crippen molar-refractivity contribution < 1.29 is 14.2 Å². The molecule has 0 fully saturated rings. The van der Waals surface area contributed by atoms with E-state index in [1.165, 1.54) is 0 Å². The predicted octanol–water partition coefficient (Wildman–Crippen LogP) is 8.69. The van der Waals surface area contributed by atoms with Crippen LogP contribution in [0.25, 0.3) is 0 Å². The van der Waals surface area contributed by atoms with Gasteiger partial charge in [0.2, 0.25) is 0 Å². The van der Waals surface area contributed by atoms with Gasteiger partial charge in [0.25, 0.3) is 0 Å². The minimum atomic E-state index is -0.426. The Hall–Kier alpha value is -2.98. The Kier molecular flexibility index (Phi) is 8.70. The highest BCUT2D eigenvalue weighted by Crippen LogP contribution is 2.42. The Morgan fingerprint density at radius 1 is 0.543 bits per heavy atom. The van der Waals surface area contributed by atoms with Gasteiger partial charge in [0.15, 0.2) is 0 Å². The average Bonchev–Trinajstić information content (AvgIpc) is 2.88. The Morgan fingerprint density at radius 2 is 0.914 bits per heavy atom. The number of hydrogen-bond acceptors (Lipinski definition) is 3. The van der Waals surface area contributed by atoms with Gasteiger partial charge in [-0.1, -0.05) is 83.9 Å². The molecule has 0 radical (unpaired) electrons. The van der Waals surface area contributed by atoms with E-state index in [0.29, 0.717) is 23.3 Å². The first-order valence-corrected chi connectivity index (χ1v) is 12.5. The lowest BCUT2D eigenvalue weighted by Crippen LogP contribution is -2.15. The molecule has 0 aliphatic carbocycles. The van der Waals surface area contributed by atoms with Crippen molar-refractivity contribution in [1.82, 2.24) is 0 Å². The maximum absolute atomic E-state index is 7.00. The largest absolute Gasteiger partial charge is 0.493 e. The molecule has 4 aromatic carbocycles. The molecular formula is C30H28Cl2O3. The molecule has 0 saturated carbocycles. The van der Waals surface area contributed by atoms with Crippen molar-refractivity contribution in [3.05, 3.63) is 129 Å². The van der Waals surface area contributed by atoms with Gasteiger partial charge in [0, 0.05) is 21.2 Å². The Bertz CT molecular complexity index is 1130. The lowest BCUT2D eigenvalue weighted by Gasteiger charge is -2.29. The second-order valence-corrected chi connectivity index (χ2v) is 8.81. The van der Waals surface area contributed by atoms with Gasteiger partial charge in [0.1, 0.15) is 23.7 Å². The van der Waals surface area contributed by atoms with Crippen molar-refractivity contribution in [1.29, 1.82) is 0 Å². The molecule has 4 rings (SSSR count). The number of hydrogen-bond donors (Lipinski definition) is 0. The van der Waals surface area contributed by atoms with Crippen LogP contribution in [0.3, 0.4) is 0 Å². The number of halogens is 2. The highest BCUT2D eigenvalue weighted by Gasteiger charge is 2.27. The highest BCUT2D eigenvalue weighted by molar-refractivity contribution is 6.30. The van der Waals surface area contributed by atoms with Crippen LogP contribution < -0.4 is 9.47 Å². The fourth-order valence-electron chi connectivity index (χ4n) is 4.04. The van der Waals surface area contributed by atoms with Crippen LogP contribution in [0.1, 0.15) is 48.3 Å². The van der Waals surface area contributed by atoms with Gasteiger partial charge >= 0.3 is 0 Å². The maximum atomic E-state index is 7.00. The molecular weight excluding hydrogens is 479 g/mol. The molecule has 0 saturated heterocycles. The molecule has 0 N–H and O–H groups in total. The van der Waals surface area contributed by atoms with E-state index in [1.54, 1.807) is 0 Å². The number of rotatable bonds is 10. The van der Waals surface area contributed by atoms with E-state index in [9.17, 15) is 0 Å². The summed E-state index contributed by atoms with van der Waals surface area (Å²) in [5.74, 6) is 1.56. The third-order valence-electron chi connectivity index (χ3n) is 5.62. The molecule has 0 amide bonds. The molecule has 2 unspecified atom stereocenters. The lowest BCUT2D eigenvalue weighted by atomic mass is 9.97. The molecule has 5 heteroatoms. The van der Waals surface area contributed by atoms with Gasteiger partial charge in [-0.05, 0) is 61.4 Å². The third kappa shape index (κ3) is 6.18. The van der Waals surface area contributed by atoms with Crippen molar-refractivity contribution in [2.45, 2.75) is 26.1 Å². The normalized spacial score (nSPS) is 12.7. The molecule has 0 aliphatic heterocycles. The summed E-state index contributed by atoms with van der Waals surface area (Å²) in [4.78, 5) is 0. The lowest BCUT2D eigenvalue weighted by molar-refractivity contribution is 0.0278. The summed E-state index contributed by atoms with van der Waals surface area (Å²) in [6, 6.07) is 31.4. The topological polar surface area (TPSA) is 27.7 Å². The van der Waals surface area contributed by atoms with Crippen LogP contribution >= 0.6 is 23.2 Å². The van der Waals surface area contributed by atoms with Gasteiger partial charge in [-0.25, -0.2) is 0 Å². The second kappa shape index (κ2) is 12.1. The van der Waals surface area contributed by atoms with E-state index in [2.05, 4.69) is 0 Å². The molecule has 0 aliphatic rings. The number of ether oxygens (including phenoxy) is 3. The van der Waals surface area contributed by atoms with Crippen LogP contribution in [0.5, 0.6) is 11.5 Å². The van der Waals surface area contributed by atoms with Crippen molar-refractivity contribution >= 4 is 23.2 Å². The molecule has 0 bridgehead atoms. The molecule has 35 heavy (non-hydrogen) atoms. The van der Waals surface area contributed by atoms with Crippen LogP contribution in [0, 0.1) is 0 Å². The summed E-state index contributed by atoms with van der Waals surface area (Å²) in [7, 11) is 0. The SMILES string of the molecule is CCOc1ccccc1C(OC(c1ccc(Cl)cc1)c1ccccc1OCC)c1ccc(Cl)cc1. The van der Waals surface area contributed by atoms with Crippen LogP contribution in [-0.4, -0.2) is 13.2 Å². The van der Waals surface area contributed by atoms with Gasteiger partial charge in [-0.2, -0.15) is 0 Å². The molecule has 2 atom stereocenters. The Balaban J connectivity index is 1.86. The minimum absolute atomic E-state index is 0.426. The van der Waals surface area contributed by atoms with Crippen LogP contribution in [-0.2, 0) is 4.74 Å². The quantitative estimate of drug-likeness (QED) is 0.215. The van der Waals surface area contributed by atoms with Gasteiger partial charge < -0.3 is 14.2 Å². The summed E-state index contributed by atoms with van der Waals surface area (Å²) < 4.78 is 19.0. The summed E-state index contributed by atoms with van der Waals surface area (Å²) in [5, 5.41) is 1.34. The first-order valence-electron chi connectivity index (χ1n) is 11.7. The van der Waals surface area contributed by atoms with E-state index in [0.717, 1.165) is 33.8 Å². The Labute approximate surface area is 217 Å². The fourth-order valence-corrected chi connectivity index (χ4v) is 4.29. The van der Waals surface area contributed by atoms with E-state index in [4.69, 9.17) is 37.4 Å². The van der Waals surface area contributed by atoms with Crippen molar-refractivity contribution in [3.63, 3.8) is 0 Å². The first kappa shape index (κ1) is 25.1. The zero-order valence-corrected chi connectivity index (χ0v) is 21.3. The molecule has 0 spiro atoms. The van der Waals surface area contributed by atoms with Crippen molar-refractivity contribution in [2.24, 2.45) is 0 Å². The van der Waals surface area contributed by atoms with E-state index < -0.39 is 12.2 Å². The predicted molar refractivity (Wildman–Crippen MR) is 143 cm³/mol. The molecule has 0 heterocycles. The van der Waals surface area contributed by atoms with Crippen molar-refractivity contribution in [3.8, 4) is 11.5 Å². The number of benzene rings is 4. The van der Waals surface area contributed by atoms with Crippen LogP contribution in [0.4, 0.5) is 0 Å². The van der Waals surface area contributed by atoms with E-state index in [-0.39, 0.29) is 0 Å². The molecule has 0 aromatic heterocycles. The first-order chi connectivity index (χ1) is 17.1. The van der Waals surface area contributed by atoms with Crippen LogP contribution in [0.2, 0.25) is 10.0 Å². The average molecular weight is 507 g/mol. The Morgan fingerprint density at radius 3 is 1.29 bits per heavy atom. The zero-order valence-electron chi connectivity index (χ0n) is 19.8. The zero-order chi connectivity index (χ0) is 24.6. The standard InChI is InChI=1S/C30H28Cl2O3/c1-3-33-27-11-7-5-9-25(27)29(21-13-17-23(31)18-14-21)35-30(22-15-19-24(32)20-16-22)26-10-6-8-12-28(26)34-4-2/h5-20,29-30H,3-4H2,1-2H3. The van der Waals surface area contributed by atoms with Gasteiger partial charge in [-0.3, -0.25) is 0 Å². The summed E-state index contributed by atoms with van der Waals surface area (Å²) in [6.45, 7) is 5.06. The van der Waals surface area contributed by atoms with Crippen LogP contribution in [0.15, 0.2) is 97.1 Å². The smallest absolute Gasteiger partial charge is 0.125 e. The molecule has 4 aromatic rings. The molecule has 180 valence electrons. The monoisotopic (exact) mass is 506 g/mol. The maximum Gasteiger partial charge on any atom is 0.125 e. The summed E-state index contributed by atoms with van der Waals surface area (Å²) in [5.41, 5.74) is 3.80. The second-order valence-electron chi connectivity index (χ2n) is 7.94. The summed E-state index contributed by atoms with van der Waals surface area (Å²) >= 11 is 12.4. The van der Waals surface area contributed by atoms with Gasteiger partial charge in [0.05, 0.1) is 13.2 Å². The third-order valence-corrected chi connectivity index (χ3v) is 6.12. The van der Waals surface area contributed by atoms with E-state index in [1.807, 2.05) is 111 Å². The minimum Gasteiger partial charge on any atom is -0.493 e. The van der Waals surface area contributed by atoms with Gasteiger partial charge in [-0.15, -0.1) is 0 Å². The molecule has 3 nitrogen and oxygen atoms in total.